The van der Waals surface area contributed by atoms with Gasteiger partial charge in [0.15, 0.2) is 0 Å². The fraction of sp³-hybridized carbons (Fsp3) is 0.463. The fourth-order valence-electron chi connectivity index (χ4n) is 13.1. The average molecular weight is 876 g/mol. The van der Waals surface area contributed by atoms with Crippen molar-refractivity contribution in [1.82, 2.24) is 0 Å². The Labute approximate surface area is 364 Å². The molecule has 0 radical (unpaired) electrons. The van der Waals surface area contributed by atoms with Crippen LogP contribution in [0.2, 0.25) is 0 Å². The van der Waals surface area contributed by atoms with Crippen molar-refractivity contribution in [2.75, 3.05) is 22.9 Å². The van der Waals surface area contributed by atoms with Crippen LogP contribution < -0.4 is 9.80 Å². The van der Waals surface area contributed by atoms with Gasteiger partial charge in [0.25, 0.3) is 0 Å². The van der Waals surface area contributed by atoms with Gasteiger partial charge < -0.3 is 9.80 Å². The largest absolute Gasteiger partial charge is 0.325 e. The van der Waals surface area contributed by atoms with Gasteiger partial charge >= 0.3 is 0 Å². The molecular weight excluding hydrogens is 809 g/mol. The van der Waals surface area contributed by atoms with E-state index >= 15 is 0 Å². The van der Waals surface area contributed by atoms with Crippen LogP contribution in [0.4, 0.5) is 11.4 Å². The minimum Gasteiger partial charge on any atom is -0.325 e. The predicted octanol–water partition coefficient (Wildman–Crippen LogP) is 14.4. The number of anilines is 2. The summed E-state index contributed by atoms with van der Waals surface area (Å²) in [6.07, 6.45) is 22.2. The standard InChI is InChI=1S/C54H67N2P.Ru/c1-37-32-39(3)52(40(4)33-37)55-30-31-56(53-41(5)34-38(2)35-42(53)6)54(55)48-28-18-19-29-50(48)57(44-22-12-8-13-23-44,45-24-14-9-15-25-45)51-36-49(43-20-10-7-11-21-43)46-26-16-17-27-47(46)51;/h7,10-11,16-17,20-21,26-27,32-36,44-45,50H,8-9,12-15,18-19,22-25,28-31H2,1-6H3;. The molecule has 0 spiro atoms. The molecule has 3 saturated carbocycles. The van der Waals surface area contributed by atoms with Crippen LogP contribution in [0.15, 0.2) is 96.3 Å². The maximum absolute atomic E-state index is 2.85. The Hall–Kier alpha value is -3.12. The van der Waals surface area contributed by atoms with Gasteiger partial charge in [0, 0.05) is 49.6 Å². The minimum atomic E-state index is -1.84. The normalized spacial score (nSPS) is 20.7. The Morgan fingerprint density at radius 2 is 0.983 bits per heavy atom. The third-order valence-electron chi connectivity index (χ3n) is 14.9. The molecule has 4 aromatic carbocycles. The van der Waals surface area contributed by atoms with E-state index in [2.05, 4.69) is 136 Å². The van der Waals surface area contributed by atoms with Crippen molar-refractivity contribution in [3.05, 3.63) is 146 Å². The molecule has 306 valence electrons. The van der Waals surface area contributed by atoms with E-state index in [1.54, 1.807) is 11.4 Å². The second-order valence-corrected chi connectivity index (χ2v) is 22.9. The first kappa shape index (κ1) is 41.6. The van der Waals surface area contributed by atoms with E-state index < -0.39 is 6.89 Å². The number of rotatable bonds is 6. The van der Waals surface area contributed by atoms with E-state index in [9.17, 15) is 0 Å². The monoisotopic (exact) mass is 876 g/mol. The molecule has 1 atom stereocenters. The minimum absolute atomic E-state index is 0. The maximum atomic E-state index is 2.85. The van der Waals surface area contributed by atoms with E-state index in [0.717, 1.165) is 24.4 Å². The van der Waals surface area contributed by atoms with Gasteiger partial charge in [0.1, 0.15) is 5.82 Å². The van der Waals surface area contributed by atoms with Crippen molar-refractivity contribution < 1.29 is 19.5 Å². The molecule has 4 fully saturated rings. The van der Waals surface area contributed by atoms with Crippen molar-refractivity contribution in [2.24, 2.45) is 0 Å². The number of nitrogens with zero attached hydrogens (tertiary/aromatic N) is 2. The van der Waals surface area contributed by atoms with Gasteiger partial charge in [-0.25, -0.2) is 0 Å². The smallest absolute Gasteiger partial charge is 0.113 e. The maximum Gasteiger partial charge on any atom is 0.113 e. The van der Waals surface area contributed by atoms with Crippen LogP contribution in [0.1, 0.15) is 140 Å². The van der Waals surface area contributed by atoms with Crippen LogP contribution in [0.25, 0.3) is 5.57 Å². The summed E-state index contributed by atoms with van der Waals surface area (Å²) in [5, 5.41) is 1.82. The molecule has 58 heavy (non-hydrogen) atoms. The zero-order chi connectivity index (χ0) is 39.3. The quantitative estimate of drug-likeness (QED) is 0.141. The predicted molar refractivity (Wildman–Crippen MR) is 250 cm³/mol. The molecule has 1 aliphatic heterocycles. The molecule has 9 rings (SSSR count). The third-order valence-corrected chi connectivity index (χ3v) is 21.1. The number of aryl methyl sites for hydroxylation is 6. The molecule has 1 heterocycles. The molecule has 0 bridgehead atoms. The van der Waals surface area contributed by atoms with Gasteiger partial charge in [-0.3, -0.25) is 0 Å². The zero-order valence-electron chi connectivity index (χ0n) is 36.3. The molecule has 2 nitrogen and oxygen atoms in total. The SMILES string of the molecule is Cc1cc(C)c(N2CCN(c3c(C)cc(C)cc3C)C2=C2CCCCC2P(=C2C=C(c3ccccc3)c3ccccc32)(C2CCCCC2)C2CCCCC2)c(C)c1.[Ru]. The molecule has 1 saturated heterocycles. The second kappa shape index (κ2) is 17.5. The van der Waals surface area contributed by atoms with E-state index in [1.165, 1.54) is 151 Å². The van der Waals surface area contributed by atoms with Crippen molar-refractivity contribution in [2.45, 2.75) is 148 Å². The Kier molecular flexibility index (Phi) is 12.5. The van der Waals surface area contributed by atoms with Crippen LogP contribution in [0.3, 0.4) is 0 Å². The topological polar surface area (TPSA) is 6.48 Å². The first-order valence-electron chi connectivity index (χ1n) is 22.8. The van der Waals surface area contributed by atoms with Crippen LogP contribution in [-0.4, -0.2) is 35.4 Å². The number of fused-ring (bicyclic) bond motifs is 1. The molecule has 5 aliphatic rings. The van der Waals surface area contributed by atoms with Gasteiger partial charge in [-0.05, 0) is 159 Å². The summed E-state index contributed by atoms with van der Waals surface area (Å²) in [5.74, 6) is 1.57. The summed E-state index contributed by atoms with van der Waals surface area (Å²) >= 11 is 0. The van der Waals surface area contributed by atoms with Gasteiger partial charge in [-0.15, -0.1) is 0 Å². The number of allylic oxidation sites excluding steroid dienone is 2. The summed E-state index contributed by atoms with van der Waals surface area (Å²) < 4.78 is 0. The van der Waals surface area contributed by atoms with Crippen molar-refractivity contribution in [3.8, 4) is 0 Å². The summed E-state index contributed by atoms with van der Waals surface area (Å²) in [6.45, 7) is 14.3. The first-order chi connectivity index (χ1) is 27.8. The van der Waals surface area contributed by atoms with Gasteiger partial charge in [-0.1, -0.05) is 142 Å². The van der Waals surface area contributed by atoms with Crippen molar-refractivity contribution in [1.29, 1.82) is 0 Å². The van der Waals surface area contributed by atoms with E-state index in [-0.39, 0.29) is 19.5 Å². The molecule has 4 aromatic rings. The van der Waals surface area contributed by atoms with Crippen LogP contribution in [0, 0.1) is 41.5 Å². The third kappa shape index (κ3) is 7.28. The summed E-state index contributed by atoms with van der Waals surface area (Å²) in [4.78, 5) is 5.71. The Balaban J connectivity index is 0.00000469. The van der Waals surface area contributed by atoms with Gasteiger partial charge in [0.05, 0.1) is 0 Å². The van der Waals surface area contributed by atoms with Crippen molar-refractivity contribution >= 4 is 29.1 Å². The fourth-order valence-corrected chi connectivity index (χ4v) is 20.6. The molecule has 1 unspecified atom stereocenters. The number of benzene rings is 4. The summed E-state index contributed by atoms with van der Waals surface area (Å²) in [7, 11) is 0. The molecule has 0 N–H and O–H groups in total. The van der Waals surface area contributed by atoms with Gasteiger partial charge in [-0.2, -0.15) is 0 Å². The van der Waals surface area contributed by atoms with Gasteiger partial charge in [0.2, 0.25) is 0 Å². The van der Waals surface area contributed by atoms with E-state index in [4.69, 9.17) is 0 Å². The molecule has 4 aliphatic carbocycles. The average Bonchev–Trinajstić information content (AvgIpc) is 3.81. The Bertz CT molecular complexity index is 2130. The summed E-state index contributed by atoms with van der Waals surface area (Å²) in [5.41, 5.74) is 21.3. The summed E-state index contributed by atoms with van der Waals surface area (Å²) in [6, 6.07) is 30.9. The van der Waals surface area contributed by atoms with Crippen molar-refractivity contribution in [3.63, 3.8) is 0 Å². The van der Waals surface area contributed by atoms with Crippen LogP contribution in [0.5, 0.6) is 0 Å². The molecule has 0 aromatic heterocycles. The number of hydrogen-bond acceptors (Lipinski definition) is 2. The Morgan fingerprint density at radius 1 is 0.517 bits per heavy atom. The zero-order valence-corrected chi connectivity index (χ0v) is 39.0. The molecular formula is C54H67N2PRu. The molecule has 4 heteroatoms. The van der Waals surface area contributed by atoms with Crippen LogP contribution >= 0.6 is 6.89 Å². The second-order valence-electron chi connectivity index (χ2n) is 18.7. The molecule has 0 amide bonds. The van der Waals surface area contributed by atoms with E-state index in [0.29, 0.717) is 5.66 Å². The first-order valence-corrected chi connectivity index (χ1v) is 24.8. The van der Waals surface area contributed by atoms with Crippen LogP contribution in [-0.2, 0) is 19.5 Å². The van der Waals surface area contributed by atoms with E-state index in [1.807, 2.05) is 10.9 Å². The Morgan fingerprint density at radius 3 is 1.50 bits per heavy atom. The number of hydrogen-bond donors (Lipinski definition) is 0.